The molecule has 1 N–H and O–H groups in total. The van der Waals surface area contributed by atoms with Crippen LogP contribution in [-0.2, 0) is 27.3 Å². The van der Waals surface area contributed by atoms with Crippen LogP contribution < -0.4 is 14.2 Å². The van der Waals surface area contributed by atoms with Crippen LogP contribution in [0.2, 0.25) is 0 Å². The van der Waals surface area contributed by atoms with E-state index in [0.29, 0.717) is 81.6 Å². The normalized spacial score (nSPS) is 14.0. The molecule has 0 saturated heterocycles. The number of benzene rings is 2. The molecule has 256 valence electrons. The maximum atomic E-state index is 13.4. The third-order valence-corrected chi connectivity index (χ3v) is 7.57. The lowest BCUT2D eigenvalue weighted by atomic mass is 10.2. The Kier molecular flexibility index (Phi) is 13.3. The molecule has 1 aliphatic rings. The minimum absolute atomic E-state index is 0.0634. The summed E-state index contributed by atoms with van der Waals surface area (Å²) >= 11 is 0. The molecule has 0 spiro atoms. The van der Waals surface area contributed by atoms with Gasteiger partial charge in [0.1, 0.15) is 23.2 Å². The fourth-order valence-corrected chi connectivity index (χ4v) is 5.20. The summed E-state index contributed by atoms with van der Waals surface area (Å²) in [5.41, 5.74) is 1.57. The van der Waals surface area contributed by atoms with Gasteiger partial charge in [-0.3, -0.25) is 14.4 Å². The van der Waals surface area contributed by atoms with E-state index in [9.17, 15) is 14.0 Å². The number of ether oxygens (including phenoxy) is 3. The van der Waals surface area contributed by atoms with E-state index < -0.39 is 0 Å². The van der Waals surface area contributed by atoms with Crippen molar-refractivity contribution in [2.24, 2.45) is 0 Å². The molecule has 5 rings (SSSR count). The molecular weight excluding hydrogens is 625 g/mol. The zero-order valence-corrected chi connectivity index (χ0v) is 27.0. The minimum Gasteiger partial charge on any atom is -0.493 e. The van der Waals surface area contributed by atoms with Crippen molar-refractivity contribution in [3.8, 4) is 28.6 Å². The number of hydrogen-bond donors (Lipinski definition) is 1. The van der Waals surface area contributed by atoms with Crippen LogP contribution in [0.25, 0.3) is 11.4 Å². The van der Waals surface area contributed by atoms with Gasteiger partial charge in [0.25, 0.3) is 12.4 Å². The number of aryl methyl sites for hydroxylation is 1. The Morgan fingerprint density at radius 1 is 0.979 bits per heavy atom. The van der Waals surface area contributed by atoms with Gasteiger partial charge in [0.2, 0.25) is 5.91 Å². The molecule has 4 aromatic rings. The van der Waals surface area contributed by atoms with Gasteiger partial charge in [-0.25, -0.2) is 9.37 Å². The van der Waals surface area contributed by atoms with Crippen LogP contribution in [0, 0.1) is 12.7 Å². The van der Waals surface area contributed by atoms with Crippen molar-refractivity contribution in [2.75, 3.05) is 46.5 Å². The van der Waals surface area contributed by atoms with E-state index in [1.807, 2.05) is 40.8 Å². The number of carboxylic acid groups (broad SMARTS) is 1. The molecule has 13 nitrogen and oxygen atoms in total. The number of carbonyl (C=O) groups excluding carboxylic acids is 2. The van der Waals surface area contributed by atoms with Crippen LogP contribution in [0.15, 0.2) is 65.4 Å². The topological polar surface area (TPSA) is 149 Å². The molecule has 2 aromatic carbocycles. The number of methoxy groups -OCH3 is 1. The molecular formula is C34H40FN5O8. The van der Waals surface area contributed by atoms with E-state index in [-0.39, 0.29) is 37.1 Å². The predicted octanol–water partition coefficient (Wildman–Crippen LogP) is 4.24. The van der Waals surface area contributed by atoms with Gasteiger partial charge in [0.15, 0.2) is 18.1 Å². The van der Waals surface area contributed by atoms with E-state index in [1.165, 1.54) is 24.3 Å². The summed E-state index contributed by atoms with van der Waals surface area (Å²) in [5.74, 6) is 2.24. The first kappa shape index (κ1) is 35.5. The van der Waals surface area contributed by atoms with Gasteiger partial charge in [-0.15, -0.1) is 0 Å². The van der Waals surface area contributed by atoms with Crippen LogP contribution >= 0.6 is 0 Å². The first-order valence-corrected chi connectivity index (χ1v) is 15.6. The third-order valence-electron chi connectivity index (χ3n) is 7.57. The smallest absolute Gasteiger partial charge is 0.290 e. The minimum atomic E-state index is -0.374. The fourth-order valence-electron chi connectivity index (χ4n) is 5.20. The Morgan fingerprint density at radius 2 is 1.69 bits per heavy atom. The number of carbonyl (C=O) groups is 3. The van der Waals surface area contributed by atoms with Gasteiger partial charge in [0, 0.05) is 56.7 Å². The summed E-state index contributed by atoms with van der Waals surface area (Å²) < 4.78 is 37.9. The maximum absolute atomic E-state index is 13.4. The van der Waals surface area contributed by atoms with Crippen molar-refractivity contribution in [2.45, 2.75) is 39.2 Å². The largest absolute Gasteiger partial charge is 0.493 e. The van der Waals surface area contributed by atoms with Gasteiger partial charge in [-0.05, 0) is 68.7 Å². The lowest BCUT2D eigenvalue weighted by Gasteiger charge is -2.25. The molecule has 48 heavy (non-hydrogen) atoms. The summed E-state index contributed by atoms with van der Waals surface area (Å²) in [7, 11) is 1.59. The second-order valence-corrected chi connectivity index (χ2v) is 10.9. The zero-order valence-electron chi connectivity index (χ0n) is 27.0. The lowest BCUT2D eigenvalue weighted by Crippen LogP contribution is -2.38. The fraction of sp³-hybridized carbons (Fsp3) is 0.382. The van der Waals surface area contributed by atoms with E-state index in [4.69, 9.17) is 28.6 Å². The number of nitrogens with zero attached hydrogens (tertiary/aromatic N) is 5. The summed E-state index contributed by atoms with van der Waals surface area (Å²) in [6.45, 7) is 4.20. The molecule has 0 aliphatic carbocycles. The molecule has 0 radical (unpaired) electrons. The van der Waals surface area contributed by atoms with E-state index in [0.717, 1.165) is 17.1 Å². The van der Waals surface area contributed by atoms with Gasteiger partial charge in [-0.2, -0.15) is 0 Å². The monoisotopic (exact) mass is 665 g/mol. The Balaban J connectivity index is 0.00000167. The van der Waals surface area contributed by atoms with Crippen LogP contribution in [0.1, 0.15) is 30.7 Å². The van der Waals surface area contributed by atoms with Crippen LogP contribution in [0.3, 0.4) is 0 Å². The molecule has 0 atom stereocenters. The van der Waals surface area contributed by atoms with Gasteiger partial charge in [0.05, 0.1) is 25.8 Å². The highest BCUT2D eigenvalue weighted by Crippen LogP contribution is 2.32. The molecule has 0 unspecified atom stereocenters. The molecule has 2 bridgehead atoms. The predicted molar refractivity (Wildman–Crippen MR) is 172 cm³/mol. The van der Waals surface area contributed by atoms with Crippen LogP contribution in [0.5, 0.6) is 17.2 Å². The van der Waals surface area contributed by atoms with E-state index in [1.54, 1.807) is 24.3 Å². The molecule has 3 heterocycles. The number of halogens is 1. The Morgan fingerprint density at radius 3 is 2.38 bits per heavy atom. The molecule has 2 amide bonds. The van der Waals surface area contributed by atoms with Crippen molar-refractivity contribution >= 4 is 18.3 Å². The summed E-state index contributed by atoms with van der Waals surface area (Å²) in [5, 5.41) is 10.8. The average molecular weight is 666 g/mol. The summed E-state index contributed by atoms with van der Waals surface area (Å²) in [6.07, 6.45) is 5.70. The molecule has 14 heteroatoms. The Labute approximate surface area is 277 Å². The SMILES string of the molecule is COc1ccc2cc1OCCCN(C(=O)COc1ccc(F)cc1)CCCCN(C(=O)Cc1cc(C)no1)CCn1ccnc1-2.O=CO. The third kappa shape index (κ3) is 10.3. The van der Waals surface area contributed by atoms with Crippen molar-refractivity contribution in [1.82, 2.24) is 24.5 Å². The lowest BCUT2D eigenvalue weighted by molar-refractivity contribution is -0.134. The Bertz CT molecular complexity index is 1620. The van der Waals surface area contributed by atoms with Crippen LogP contribution in [0.4, 0.5) is 4.39 Å². The Hall–Kier alpha value is -5.40. The highest BCUT2D eigenvalue weighted by molar-refractivity contribution is 5.78. The second-order valence-electron chi connectivity index (χ2n) is 10.9. The van der Waals surface area contributed by atoms with Gasteiger partial charge in [-0.1, -0.05) is 5.16 Å². The number of imidazole rings is 1. The number of amides is 2. The summed E-state index contributed by atoms with van der Waals surface area (Å²) in [6, 6.07) is 13.0. The number of rotatable bonds is 6. The van der Waals surface area contributed by atoms with Crippen molar-refractivity contribution in [1.29, 1.82) is 0 Å². The van der Waals surface area contributed by atoms with E-state index >= 15 is 0 Å². The van der Waals surface area contributed by atoms with Crippen molar-refractivity contribution < 1.29 is 42.6 Å². The van der Waals surface area contributed by atoms with Gasteiger partial charge < -0.3 is 38.2 Å². The first-order chi connectivity index (χ1) is 23.3. The highest BCUT2D eigenvalue weighted by atomic mass is 19.1. The molecule has 0 fully saturated rings. The van der Waals surface area contributed by atoms with Crippen molar-refractivity contribution in [3.05, 3.63) is 78.2 Å². The number of aromatic nitrogens is 3. The standard InChI is InChI=1S/C33H38FN5O6.CH2O2/c1-24-20-28(45-36-24)22-31(40)38-14-4-3-13-37(32(41)23-44-27-9-7-26(34)8-10-27)15-5-19-43-30-21-25(6-11-29(30)42-2)33-35-12-16-39(33)18-17-38;2-1-3/h6-12,16,20-21H,3-5,13-15,17-19,22-23H2,1-2H3;1H,(H,2,3). The zero-order chi connectivity index (χ0) is 34.3. The van der Waals surface area contributed by atoms with Crippen molar-refractivity contribution in [3.63, 3.8) is 0 Å². The number of hydrogen-bond acceptors (Lipinski definition) is 9. The van der Waals surface area contributed by atoms with E-state index in [2.05, 4.69) is 10.1 Å². The second kappa shape index (κ2) is 18.1. The van der Waals surface area contributed by atoms with Crippen LogP contribution in [-0.4, -0.2) is 94.4 Å². The average Bonchev–Trinajstić information content (AvgIpc) is 3.73. The number of fused-ring (bicyclic) bond motifs is 4. The summed E-state index contributed by atoms with van der Waals surface area (Å²) in [4.78, 5) is 43.2. The van der Waals surface area contributed by atoms with Gasteiger partial charge >= 0.3 is 0 Å². The molecule has 0 saturated carbocycles. The first-order valence-electron chi connectivity index (χ1n) is 15.6. The quantitative estimate of drug-likeness (QED) is 0.297. The highest BCUT2D eigenvalue weighted by Gasteiger charge is 2.20. The molecule has 1 aliphatic heterocycles. The maximum Gasteiger partial charge on any atom is 0.290 e. The molecule has 2 aromatic heterocycles.